The van der Waals surface area contributed by atoms with Crippen LogP contribution in [0.25, 0.3) is 5.70 Å². The van der Waals surface area contributed by atoms with Crippen molar-refractivity contribution >= 4 is 29.4 Å². The van der Waals surface area contributed by atoms with Crippen LogP contribution in [0.3, 0.4) is 0 Å². The van der Waals surface area contributed by atoms with Gasteiger partial charge in [-0.05, 0) is 19.1 Å². The van der Waals surface area contributed by atoms with E-state index < -0.39 is 6.16 Å². The number of benzene rings is 1. The molecule has 0 aromatic heterocycles. The van der Waals surface area contributed by atoms with E-state index in [1.807, 2.05) is 0 Å². The average Bonchev–Trinajstić information content (AvgIpc) is 2.71. The Balaban J connectivity index is 2.25. The van der Waals surface area contributed by atoms with Gasteiger partial charge >= 0.3 is 6.16 Å². The maximum atomic E-state index is 11.4. The third-order valence-corrected chi connectivity index (χ3v) is 2.72. The molecule has 1 aromatic rings. The van der Waals surface area contributed by atoms with Crippen molar-refractivity contribution in [3.63, 3.8) is 0 Å². The summed E-state index contributed by atoms with van der Waals surface area (Å²) < 4.78 is 9.71. The number of amides is 1. The standard InChI is InChI=1S/C13H12ClNO4/c1-2-18-13(17)19-10-7-11(16)15-12(10)8-3-5-9(14)6-4-8/h3-6H,2,7H2,1H3,(H,15,16). The number of nitrogens with one attached hydrogen (secondary N) is 1. The van der Waals surface area contributed by atoms with Crippen LogP contribution in [0.1, 0.15) is 18.9 Å². The molecule has 0 radical (unpaired) electrons. The molecule has 0 atom stereocenters. The monoisotopic (exact) mass is 281 g/mol. The third-order valence-electron chi connectivity index (χ3n) is 2.47. The summed E-state index contributed by atoms with van der Waals surface area (Å²) >= 11 is 5.80. The van der Waals surface area contributed by atoms with E-state index in [9.17, 15) is 9.59 Å². The summed E-state index contributed by atoms with van der Waals surface area (Å²) in [6, 6.07) is 6.85. The molecule has 2 rings (SSSR count). The molecule has 6 heteroatoms. The van der Waals surface area contributed by atoms with Crippen LogP contribution in [-0.4, -0.2) is 18.7 Å². The molecular weight excluding hydrogens is 270 g/mol. The van der Waals surface area contributed by atoms with Gasteiger partial charge in [-0.25, -0.2) is 4.79 Å². The Kier molecular flexibility index (Phi) is 4.06. The quantitative estimate of drug-likeness (QED) is 0.865. The minimum atomic E-state index is -0.819. The molecule has 0 fully saturated rings. The number of hydrogen-bond acceptors (Lipinski definition) is 4. The zero-order chi connectivity index (χ0) is 13.8. The highest BCUT2D eigenvalue weighted by Gasteiger charge is 2.26. The van der Waals surface area contributed by atoms with Crippen molar-refractivity contribution in [1.82, 2.24) is 5.32 Å². The number of carbonyl (C=O) groups excluding carboxylic acids is 2. The Bertz CT molecular complexity index is 536. The smallest absolute Gasteiger partial charge is 0.434 e. The Morgan fingerprint density at radius 2 is 2.05 bits per heavy atom. The van der Waals surface area contributed by atoms with E-state index in [1.54, 1.807) is 31.2 Å². The molecule has 0 saturated heterocycles. The van der Waals surface area contributed by atoms with Crippen molar-refractivity contribution < 1.29 is 19.1 Å². The van der Waals surface area contributed by atoms with Gasteiger partial charge in [0.25, 0.3) is 0 Å². The van der Waals surface area contributed by atoms with Gasteiger partial charge in [-0.2, -0.15) is 0 Å². The molecule has 1 aromatic carbocycles. The maximum Gasteiger partial charge on any atom is 0.513 e. The van der Waals surface area contributed by atoms with Gasteiger partial charge in [0.15, 0.2) is 0 Å². The van der Waals surface area contributed by atoms with Gasteiger partial charge in [0.05, 0.1) is 18.7 Å². The van der Waals surface area contributed by atoms with Gasteiger partial charge < -0.3 is 14.8 Å². The lowest BCUT2D eigenvalue weighted by molar-refractivity contribution is -0.118. The van der Waals surface area contributed by atoms with Gasteiger partial charge in [-0.1, -0.05) is 23.7 Å². The highest BCUT2D eigenvalue weighted by molar-refractivity contribution is 6.30. The molecule has 1 aliphatic rings. The summed E-state index contributed by atoms with van der Waals surface area (Å²) in [7, 11) is 0. The Morgan fingerprint density at radius 1 is 1.37 bits per heavy atom. The Hall–Kier alpha value is -2.01. The highest BCUT2D eigenvalue weighted by Crippen LogP contribution is 2.26. The van der Waals surface area contributed by atoms with E-state index in [-0.39, 0.29) is 24.7 Å². The fourth-order valence-corrected chi connectivity index (χ4v) is 1.80. The van der Waals surface area contributed by atoms with Crippen LogP contribution in [0.2, 0.25) is 5.02 Å². The summed E-state index contributed by atoms with van der Waals surface area (Å²) in [5.41, 5.74) is 1.18. The normalized spacial score (nSPS) is 14.3. The molecule has 1 amide bonds. The van der Waals surface area contributed by atoms with Crippen LogP contribution in [0.15, 0.2) is 30.0 Å². The summed E-state index contributed by atoms with van der Waals surface area (Å²) in [6.45, 7) is 1.89. The zero-order valence-electron chi connectivity index (χ0n) is 10.2. The molecule has 100 valence electrons. The van der Waals surface area contributed by atoms with Crippen molar-refractivity contribution in [3.05, 3.63) is 40.6 Å². The largest absolute Gasteiger partial charge is 0.513 e. The number of hydrogen-bond donors (Lipinski definition) is 1. The average molecular weight is 282 g/mol. The number of carbonyl (C=O) groups is 2. The zero-order valence-corrected chi connectivity index (χ0v) is 11.0. The second-order valence-electron chi connectivity index (χ2n) is 3.82. The first kappa shape index (κ1) is 13.4. The van der Waals surface area contributed by atoms with Crippen molar-refractivity contribution in [3.8, 4) is 0 Å². The van der Waals surface area contributed by atoms with Gasteiger partial charge in [-0.3, -0.25) is 4.79 Å². The van der Waals surface area contributed by atoms with E-state index in [0.29, 0.717) is 10.7 Å². The van der Waals surface area contributed by atoms with E-state index in [2.05, 4.69) is 10.1 Å². The van der Waals surface area contributed by atoms with Crippen molar-refractivity contribution in [2.24, 2.45) is 0 Å². The van der Waals surface area contributed by atoms with E-state index in [4.69, 9.17) is 16.3 Å². The molecule has 5 nitrogen and oxygen atoms in total. The van der Waals surface area contributed by atoms with Crippen molar-refractivity contribution in [2.45, 2.75) is 13.3 Å². The first-order valence-corrected chi connectivity index (χ1v) is 6.11. The van der Waals surface area contributed by atoms with Crippen molar-refractivity contribution in [1.29, 1.82) is 0 Å². The molecule has 0 spiro atoms. The van der Waals surface area contributed by atoms with Crippen LogP contribution < -0.4 is 5.32 Å². The molecule has 1 aliphatic heterocycles. The van der Waals surface area contributed by atoms with E-state index in [1.165, 1.54) is 0 Å². The van der Waals surface area contributed by atoms with Crippen LogP contribution in [0, 0.1) is 0 Å². The van der Waals surface area contributed by atoms with Crippen LogP contribution in [-0.2, 0) is 14.3 Å². The second-order valence-corrected chi connectivity index (χ2v) is 4.25. The molecule has 0 aliphatic carbocycles. The third kappa shape index (κ3) is 3.26. The first-order valence-electron chi connectivity index (χ1n) is 5.73. The molecule has 0 bridgehead atoms. The summed E-state index contributed by atoms with van der Waals surface area (Å²) in [5.74, 6) is 0.0232. The topological polar surface area (TPSA) is 64.6 Å². The van der Waals surface area contributed by atoms with Gasteiger partial charge in [0.2, 0.25) is 5.91 Å². The minimum absolute atomic E-state index is 0.0107. The Morgan fingerprint density at radius 3 is 2.68 bits per heavy atom. The molecule has 1 N–H and O–H groups in total. The lowest BCUT2D eigenvalue weighted by Crippen LogP contribution is -2.13. The summed E-state index contributed by atoms with van der Waals surface area (Å²) in [6.07, 6.45) is -0.808. The highest BCUT2D eigenvalue weighted by atomic mass is 35.5. The van der Waals surface area contributed by atoms with Crippen molar-refractivity contribution in [2.75, 3.05) is 6.61 Å². The summed E-state index contributed by atoms with van der Waals surface area (Å²) in [5, 5.41) is 3.24. The number of halogens is 1. The van der Waals surface area contributed by atoms with Gasteiger partial charge in [0.1, 0.15) is 5.76 Å². The lowest BCUT2D eigenvalue weighted by atomic mass is 10.1. The first-order chi connectivity index (χ1) is 9.10. The molecule has 19 heavy (non-hydrogen) atoms. The maximum absolute atomic E-state index is 11.4. The molecule has 0 saturated carbocycles. The van der Waals surface area contributed by atoms with Crippen LogP contribution >= 0.6 is 11.6 Å². The lowest BCUT2D eigenvalue weighted by Gasteiger charge is -2.07. The number of ether oxygens (including phenoxy) is 2. The predicted molar refractivity (Wildman–Crippen MR) is 69.2 cm³/mol. The Labute approximate surface area is 115 Å². The van der Waals surface area contributed by atoms with Gasteiger partial charge in [0, 0.05) is 10.6 Å². The molecule has 0 unspecified atom stereocenters. The predicted octanol–water partition coefficient (Wildman–Crippen LogP) is 2.70. The fourth-order valence-electron chi connectivity index (χ4n) is 1.67. The summed E-state index contributed by atoms with van der Waals surface area (Å²) in [4.78, 5) is 22.7. The van der Waals surface area contributed by atoms with Gasteiger partial charge in [-0.15, -0.1) is 0 Å². The number of rotatable bonds is 3. The van der Waals surface area contributed by atoms with E-state index in [0.717, 1.165) is 5.56 Å². The van der Waals surface area contributed by atoms with Crippen LogP contribution in [0.5, 0.6) is 0 Å². The van der Waals surface area contributed by atoms with Crippen LogP contribution in [0.4, 0.5) is 4.79 Å². The molecular formula is C13H12ClNO4. The SMILES string of the molecule is CCOC(=O)OC1=C(c2ccc(Cl)cc2)NC(=O)C1. The van der Waals surface area contributed by atoms with E-state index >= 15 is 0 Å². The molecule has 1 heterocycles. The fraction of sp³-hybridized carbons (Fsp3) is 0.231. The minimum Gasteiger partial charge on any atom is -0.434 e. The second kappa shape index (κ2) is 5.75.